The lowest BCUT2D eigenvalue weighted by atomic mass is 9.86. The van der Waals surface area contributed by atoms with Gasteiger partial charge in [0.15, 0.2) is 0 Å². The molecule has 0 radical (unpaired) electrons. The lowest BCUT2D eigenvalue weighted by molar-refractivity contribution is -0.0503. The van der Waals surface area contributed by atoms with Gasteiger partial charge in [-0.15, -0.1) is 0 Å². The first kappa shape index (κ1) is 40.8. The highest BCUT2D eigenvalue weighted by molar-refractivity contribution is 7.87. The van der Waals surface area contributed by atoms with E-state index in [4.69, 9.17) is 9.47 Å². The number of rotatable bonds is 10. The van der Waals surface area contributed by atoms with Crippen LogP contribution in [0.15, 0.2) is 97.1 Å². The summed E-state index contributed by atoms with van der Waals surface area (Å²) in [7, 11) is -5.90. The van der Waals surface area contributed by atoms with Crippen molar-refractivity contribution in [2.24, 2.45) is 0 Å². The maximum atomic E-state index is 13.5. The summed E-state index contributed by atoms with van der Waals surface area (Å²) in [6, 6.07) is 29.2. The van der Waals surface area contributed by atoms with Gasteiger partial charge in [-0.2, -0.15) is 40.9 Å². The molecule has 0 saturated heterocycles. The largest absolute Gasteiger partial charge is 0.534 e. The van der Waals surface area contributed by atoms with Gasteiger partial charge >= 0.3 is 27.7 Å². The van der Waals surface area contributed by atoms with Crippen molar-refractivity contribution in [1.29, 1.82) is 0 Å². The van der Waals surface area contributed by atoms with E-state index in [1.54, 1.807) is 24.3 Å². The van der Waals surface area contributed by atoms with Gasteiger partial charge in [0.1, 0.15) is 0 Å². The van der Waals surface area contributed by atoms with Crippen molar-refractivity contribution in [3.8, 4) is 17.8 Å². The van der Waals surface area contributed by atoms with E-state index >= 15 is 0 Å². The van der Waals surface area contributed by atoms with E-state index in [0.29, 0.717) is 29.8 Å². The molecule has 0 bridgehead atoms. The first-order valence-corrected chi connectivity index (χ1v) is 18.9. The zero-order valence-corrected chi connectivity index (χ0v) is 32.1. The molecule has 6 rings (SSSR count). The number of hydrogen-bond acceptors (Lipinski definition) is 9. The van der Waals surface area contributed by atoms with Crippen LogP contribution in [0.5, 0.6) is 17.8 Å². The molecule has 14 heteroatoms. The zero-order valence-electron chi connectivity index (χ0n) is 31.3. The van der Waals surface area contributed by atoms with Crippen molar-refractivity contribution < 1.29 is 39.6 Å². The molecule has 0 aliphatic rings. The molecule has 0 aliphatic heterocycles. The molecular formula is C41H42F4N4O5S. The van der Waals surface area contributed by atoms with Crippen molar-refractivity contribution in [3.63, 3.8) is 0 Å². The van der Waals surface area contributed by atoms with Gasteiger partial charge in [0.2, 0.25) is 11.8 Å². The Morgan fingerprint density at radius 1 is 0.564 bits per heavy atom. The minimum absolute atomic E-state index is 0.0298. The second-order valence-corrected chi connectivity index (χ2v) is 16.3. The molecule has 290 valence electrons. The summed E-state index contributed by atoms with van der Waals surface area (Å²) in [6.45, 7) is 13.5. The highest BCUT2D eigenvalue weighted by Crippen LogP contribution is 2.30. The Morgan fingerprint density at radius 3 is 1.42 bits per heavy atom. The second-order valence-electron chi connectivity index (χ2n) is 14.7. The highest BCUT2D eigenvalue weighted by Gasteiger charge is 2.49. The Hall–Kier alpha value is -5.37. The average Bonchev–Trinajstić information content (AvgIpc) is 3.11. The van der Waals surface area contributed by atoms with E-state index < -0.39 is 27.7 Å². The molecule has 2 heterocycles. The smallest absolute Gasteiger partial charge is 0.477 e. The van der Waals surface area contributed by atoms with Crippen LogP contribution in [0, 0.1) is 6.08 Å². The minimum atomic E-state index is -5.90. The van der Waals surface area contributed by atoms with Crippen LogP contribution in [-0.2, 0) is 33.8 Å². The summed E-state index contributed by atoms with van der Waals surface area (Å²) in [5.41, 5.74) is -0.00703. The Kier molecular flexibility index (Phi) is 12.3. The van der Waals surface area contributed by atoms with Crippen molar-refractivity contribution in [2.45, 2.75) is 70.7 Å². The molecule has 0 N–H and O–H groups in total. The SMILES string of the molecule is CC(C)(C)c1ccc(CCOc2nc(OS(=O)(=O)C(F)(F)F)nc3ccccc23)cc1.CC(C)(C)c1ccc(CCOc2nc([18F])nc3ccccc23)cc1. The van der Waals surface area contributed by atoms with Crippen LogP contribution in [0.4, 0.5) is 17.6 Å². The summed E-state index contributed by atoms with van der Waals surface area (Å²) in [6.07, 6.45) is 0.489. The molecule has 6 aromatic rings. The Labute approximate surface area is 317 Å². The van der Waals surface area contributed by atoms with Crippen LogP contribution in [0.2, 0.25) is 0 Å². The third kappa shape index (κ3) is 10.9. The second kappa shape index (κ2) is 16.6. The van der Waals surface area contributed by atoms with E-state index in [9.17, 15) is 26.0 Å². The highest BCUT2D eigenvalue weighted by atomic mass is 32.2. The normalized spacial score (nSPS) is 12.3. The van der Waals surface area contributed by atoms with Gasteiger partial charge in [-0.25, -0.2) is 4.98 Å². The van der Waals surface area contributed by atoms with Gasteiger partial charge in [0.25, 0.3) is 0 Å². The fraction of sp³-hybridized carbons (Fsp3) is 0.317. The molecular weight excluding hydrogens is 736 g/mol. The van der Waals surface area contributed by atoms with Crippen LogP contribution in [0.3, 0.4) is 0 Å². The maximum Gasteiger partial charge on any atom is 0.534 e. The summed E-state index contributed by atoms with van der Waals surface area (Å²) in [4.78, 5) is 15.0. The first-order valence-electron chi connectivity index (χ1n) is 17.4. The Morgan fingerprint density at radius 2 is 0.982 bits per heavy atom. The fourth-order valence-corrected chi connectivity index (χ4v) is 5.69. The standard InChI is InChI=1S/C21H21F3N2O4S.C20H21FN2O/c1-20(2,3)15-10-8-14(9-11-15)12-13-29-18-16-6-4-5-7-17(16)25-19(26-18)30-31(27,28)21(22,23)24;1-20(2,3)15-10-8-14(9-11-15)12-13-24-18-16-6-4-5-7-17(16)22-19(21)23-18/h4-11H,12-13H2,1-3H3;4-11H,12-13H2,1-3H3/i;21-1. The lowest BCUT2D eigenvalue weighted by Crippen LogP contribution is -2.28. The molecule has 55 heavy (non-hydrogen) atoms. The van der Waals surface area contributed by atoms with Crippen LogP contribution >= 0.6 is 0 Å². The number of halogens is 4. The van der Waals surface area contributed by atoms with Crippen LogP contribution in [0.1, 0.15) is 63.8 Å². The van der Waals surface area contributed by atoms with Crippen LogP contribution < -0.4 is 13.7 Å². The van der Waals surface area contributed by atoms with Crippen LogP contribution in [0.25, 0.3) is 21.8 Å². The quantitative estimate of drug-likeness (QED) is 0.0581. The molecule has 0 fully saturated rings. The fourth-order valence-electron chi connectivity index (χ4n) is 5.32. The molecule has 0 aliphatic carbocycles. The first-order chi connectivity index (χ1) is 25.8. The Balaban J connectivity index is 0.000000218. The van der Waals surface area contributed by atoms with Gasteiger partial charge in [0.05, 0.1) is 35.0 Å². The predicted octanol–water partition coefficient (Wildman–Crippen LogP) is 9.47. The van der Waals surface area contributed by atoms with E-state index in [1.807, 2.05) is 42.5 Å². The summed E-state index contributed by atoms with van der Waals surface area (Å²) >= 11 is 0. The maximum absolute atomic E-state index is 13.5. The van der Waals surface area contributed by atoms with Gasteiger partial charge in [-0.1, -0.05) is 114 Å². The number of para-hydroxylation sites is 2. The third-order valence-corrected chi connectivity index (χ3v) is 9.39. The number of aromatic nitrogens is 4. The average molecular weight is 778 g/mol. The molecule has 4 aromatic carbocycles. The van der Waals surface area contributed by atoms with E-state index in [0.717, 1.165) is 17.4 Å². The molecule has 0 spiro atoms. The lowest BCUT2D eigenvalue weighted by Gasteiger charge is -2.19. The van der Waals surface area contributed by atoms with E-state index in [2.05, 4.69) is 89.9 Å². The summed E-state index contributed by atoms with van der Waals surface area (Å²) in [5.74, 6) is 0.230. The van der Waals surface area contributed by atoms with Gasteiger partial charge in [0, 0.05) is 12.8 Å². The number of fused-ring (bicyclic) bond motifs is 2. The summed E-state index contributed by atoms with van der Waals surface area (Å²) in [5, 5.41) is 1.14. The van der Waals surface area contributed by atoms with Crippen LogP contribution in [-0.4, -0.2) is 47.1 Å². The molecule has 2 aromatic heterocycles. The number of hydrogen-bond donors (Lipinski definition) is 0. The van der Waals surface area contributed by atoms with Gasteiger partial charge in [-0.05, 0) is 57.3 Å². The molecule has 0 unspecified atom stereocenters. The van der Waals surface area contributed by atoms with Crippen molar-refractivity contribution in [1.82, 2.24) is 19.9 Å². The number of alkyl halides is 3. The minimum Gasteiger partial charge on any atom is -0.477 e. The zero-order chi connectivity index (χ0) is 40.0. The topological polar surface area (TPSA) is 113 Å². The van der Waals surface area contributed by atoms with E-state index in [1.165, 1.54) is 22.8 Å². The molecule has 9 nitrogen and oxygen atoms in total. The van der Waals surface area contributed by atoms with Gasteiger partial charge < -0.3 is 13.7 Å². The third-order valence-electron chi connectivity index (χ3n) is 8.46. The molecule has 0 amide bonds. The van der Waals surface area contributed by atoms with Crippen molar-refractivity contribution >= 4 is 31.9 Å². The number of benzene rings is 4. The molecule has 0 atom stereocenters. The molecule has 0 saturated carbocycles. The summed E-state index contributed by atoms with van der Waals surface area (Å²) < 4.78 is 89.4. The number of ether oxygens (including phenoxy) is 2. The van der Waals surface area contributed by atoms with E-state index in [-0.39, 0.29) is 28.8 Å². The Bertz CT molecular complexity index is 2340. The monoisotopic (exact) mass is 777 g/mol. The van der Waals surface area contributed by atoms with Crippen molar-refractivity contribution in [3.05, 3.63) is 125 Å². The predicted molar refractivity (Wildman–Crippen MR) is 203 cm³/mol. The number of nitrogens with zero attached hydrogens (tertiary/aromatic N) is 4. The van der Waals surface area contributed by atoms with Gasteiger partial charge in [-0.3, -0.25) is 0 Å². The van der Waals surface area contributed by atoms with Crippen molar-refractivity contribution in [2.75, 3.05) is 13.2 Å².